The molecule has 0 spiro atoms. The second-order valence-corrected chi connectivity index (χ2v) is 5.85. The Hall–Kier alpha value is -2.14. The summed E-state index contributed by atoms with van der Waals surface area (Å²) in [4.78, 5) is 25.0. The molecule has 0 saturated carbocycles. The zero-order valence-electron chi connectivity index (χ0n) is 13.4. The van der Waals surface area contributed by atoms with Crippen LogP contribution in [0, 0.1) is 5.82 Å². The van der Waals surface area contributed by atoms with Gasteiger partial charge in [-0.3, -0.25) is 0 Å². The van der Waals surface area contributed by atoms with Crippen molar-refractivity contribution in [1.29, 1.82) is 0 Å². The fourth-order valence-electron chi connectivity index (χ4n) is 2.30. The molecular weight excluding hydrogens is 430 g/mol. The Kier molecular flexibility index (Phi) is 5.91. The number of alkyl halides is 3. The van der Waals surface area contributed by atoms with Crippen molar-refractivity contribution in [2.75, 3.05) is 32.5 Å². The molecule has 6 nitrogen and oxygen atoms in total. The van der Waals surface area contributed by atoms with Gasteiger partial charge in [-0.2, -0.15) is 13.2 Å². The third-order valence-corrected chi connectivity index (χ3v) is 4.10. The van der Waals surface area contributed by atoms with Crippen LogP contribution in [0.5, 0.6) is 0 Å². The second kappa shape index (κ2) is 7.62. The molecule has 1 aromatic rings. The van der Waals surface area contributed by atoms with Crippen LogP contribution in [0.15, 0.2) is 27.9 Å². The first kappa shape index (κ1) is 20.2. The number of hydrogen-bond acceptors (Lipinski definition) is 6. The fourth-order valence-corrected chi connectivity index (χ4v) is 2.82. The van der Waals surface area contributed by atoms with Gasteiger partial charge in [0.2, 0.25) is 0 Å². The Labute approximate surface area is 153 Å². The van der Waals surface area contributed by atoms with Crippen LogP contribution in [-0.2, 0) is 30.0 Å². The topological polar surface area (TPSA) is 65.1 Å². The van der Waals surface area contributed by atoms with Gasteiger partial charge in [-0.15, -0.1) is 0 Å². The van der Waals surface area contributed by atoms with Gasteiger partial charge >= 0.3 is 18.1 Å². The van der Waals surface area contributed by atoms with E-state index in [9.17, 15) is 27.2 Å². The van der Waals surface area contributed by atoms with Crippen molar-refractivity contribution in [2.45, 2.75) is 6.18 Å². The van der Waals surface area contributed by atoms with Gasteiger partial charge in [-0.05, 0) is 28.1 Å². The summed E-state index contributed by atoms with van der Waals surface area (Å²) in [5, 5.41) is 0. The van der Waals surface area contributed by atoms with Crippen molar-refractivity contribution in [3.63, 3.8) is 0 Å². The van der Waals surface area contributed by atoms with Crippen LogP contribution in [-0.4, -0.2) is 39.5 Å². The summed E-state index contributed by atoms with van der Waals surface area (Å²) >= 11 is 2.96. The van der Waals surface area contributed by atoms with Crippen molar-refractivity contribution >= 4 is 33.6 Å². The Balaban J connectivity index is 2.69. The summed E-state index contributed by atoms with van der Waals surface area (Å²) in [6.07, 6.45) is -4.96. The molecule has 0 aromatic heterocycles. The maximum Gasteiger partial charge on any atom is 0.419 e. The zero-order chi connectivity index (χ0) is 19.6. The lowest BCUT2D eigenvalue weighted by molar-refractivity contribution is -0.140. The minimum atomic E-state index is -4.96. The highest BCUT2D eigenvalue weighted by Crippen LogP contribution is 2.39. The number of anilines is 1. The molecule has 11 heteroatoms. The zero-order valence-corrected chi connectivity index (χ0v) is 15.0. The summed E-state index contributed by atoms with van der Waals surface area (Å²) in [6.45, 7) is -0.676. The molecule has 0 atom stereocenters. The number of nitrogens with zero attached hydrogens (tertiary/aromatic N) is 1. The van der Waals surface area contributed by atoms with E-state index in [0.717, 1.165) is 19.1 Å². The van der Waals surface area contributed by atoms with Crippen molar-refractivity contribution in [1.82, 2.24) is 0 Å². The number of hydrogen-bond donors (Lipinski definition) is 0. The Morgan fingerprint density at radius 1 is 1.19 bits per heavy atom. The molecule has 0 aliphatic carbocycles. The maximum absolute atomic E-state index is 13.7. The van der Waals surface area contributed by atoms with Crippen LogP contribution < -0.4 is 4.90 Å². The largest absolute Gasteiger partial charge is 0.466 e. The minimum absolute atomic E-state index is 0.0841. The molecule has 1 aliphatic heterocycles. The van der Waals surface area contributed by atoms with E-state index in [0.29, 0.717) is 12.1 Å². The van der Waals surface area contributed by atoms with Crippen molar-refractivity contribution < 1.29 is 41.4 Å². The predicted molar refractivity (Wildman–Crippen MR) is 83.5 cm³/mol. The lowest BCUT2D eigenvalue weighted by atomic mass is 10.1. The molecule has 142 valence electrons. The quantitative estimate of drug-likeness (QED) is 0.530. The number of carbonyl (C=O) groups excluding carboxylic acids is 2. The fraction of sp³-hybridized carbons (Fsp3) is 0.333. The predicted octanol–water partition coefficient (Wildman–Crippen LogP) is 3.00. The van der Waals surface area contributed by atoms with Crippen LogP contribution in [0.2, 0.25) is 0 Å². The molecule has 0 saturated heterocycles. The number of methoxy groups -OCH3 is 2. The van der Waals surface area contributed by atoms with Gasteiger partial charge in [0.25, 0.3) is 0 Å². The number of esters is 2. The van der Waals surface area contributed by atoms with Gasteiger partial charge in [-0.25, -0.2) is 14.0 Å². The van der Waals surface area contributed by atoms with Crippen LogP contribution in [0.3, 0.4) is 0 Å². The van der Waals surface area contributed by atoms with Crippen LogP contribution in [0.1, 0.15) is 5.56 Å². The Morgan fingerprint density at radius 3 is 2.35 bits per heavy atom. The van der Waals surface area contributed by atoms with Crippen LogP contribution in [0.25, 0.3) is 0 Å². The molecule has 2 rings (SSSR count). The van der Waals surface area contributed by atoms with Crippen LogP contribution >= 0.6 is 15.9 Å². The molecule has 1 aliphatic rings. The van der Waals surface area contributed by atoms with Gasteiger partial charge in [0.1, 0.15) is 18.2 Å². The van der Waals surface area contributed by atoms with E-state index in [1.54, 1.807) is 0 Å². The monoisotopic (exact) mass is 441 g/mol. The number of halogens is 5. The number of ether oxygens (including phenoxy) is 3. The van der Waals surface area contributed by atoms with Crippen molar-refractivity contribution in [3.05, 3.63) is 39.3 Å². The molecule has 1 aromatic carbocycles. The summed E-state index contributed by atoms with van der Waals surface area (Å²) in [7, 11) is 2.11. The molecule has 0 N–H and O–H groups in total. The third-order valence-electron chi connectivity index (χ3n) is 3.47. The van der Waals surface area contributed by atoms with Gasteiger partial charge in [0.05, 0.1) is 37.7 Å². The lowest BCUT2D eigenvalue weighted by Crippen LogP contribution is -2.39. The number of benzene rings is 1. The van der Waals surface area contributed by atoms with E-state index in [1.165, 1.54) is 0 Å². The molecule has 0 fully saturated rings. The Morgan fingerprint density at radius 2 is 1.81 bits per heavy atom. The van der Waals surface area contributed by atoms with Gasteiger partial charge < -0.3 is 19.1 Å². The average molecular weight is 442 g/mol. The van der Waals surface area contributed by atoms with Crippen molar-refractivity contribution in [2.24, 2.45) is 0 Å². The van der Waals surface area contributed by atoms with Gasteiger partial charge in [0.15, 0.2) is 0 Å². The third kappa shape index (κ3) is 3.83. The molecule has 0 amide bonds. The average Bonchev–Trinajstić information content (AvgIpc) is 2.58. The molecule has 0 radical (unpaired) electrons. The molecule has 26 heavy (non-hydrogen) atoms. The van der Waals surface area contributed by atoms with E-state index in [4.69, 9.17) is 4.74 Å². The standard InChI is InChI=1S/C15H12BrF4NO5/c1-24-13(22)7-5-26-6-21(12(7)14(23)25-2)11-3-8(15(18,19)20)10(17)4-9(11)16/h3-4H,5-6H2,1-2H3. The van der Waals surface area contributed by atoms with E-state index >= 15 is 0 Å². The summed E-state index contributed by atoms with van der Waals surface area (Å²) in [6, 6.07) is 1.12. The maximum atomic E-state index is 13.7. The van der Waals surface area contributed by atoms with Crippen molar-refractivity contribution in [3.8, 4) is 0 Å². The van der Waals surface area contributed by atoms with E-state index < -0.39 is 29.5 Å². The lowest BCUT2D eigenvalue weighted by Gasteiger charge is -2.32. The van der Waals surface area contributed by atoms with E-state index in [1.807, 2.05) is 0 Å². The summed E-state index contributed by atoms with van der Waals surface area (Å²) in [5.41, 5.74) is -2.37. The highest BCUT2D eigenvalue weighted by molar-refractivity contribution is 9.10. The first-order valence-corrected chi connectivity index (χ1v) is 7.72. The molecular formula is C15H12BrF4NO5. The SMILES string of the molecule is COC(=O)C1=C(C(=O)OC)N(c2cc(C(F)(F)F)c(F)cc2Br)COC1. The first-order chi connectivity index (χ1) is 12.1. The molecule has 1 heterocycles. The highest BCUT2D eigenvalue weighted by atomic mass is 79.9. The van der Waals surface area contributed by atoms with E-state index in [-0.39, 0.29) is 34.8 Å². The molecule has 0 bridgehead atoms. The highest BCUT2D eigenvalue weighted by Gasteiger charge is 2.38. The summed E-state index contributed by atoms with van der Waals surface area (Å²) in [5.74, 6) is -3.40. The second-order valence-electron chi connectivity index (χ2n) is 5.00. The normalized spacial score (nSPS) is 15.1. The Bertz CT molecular complexity index is 778. The smallest absolute Gasteiger partial charge is 0.419 e. The number of rotatable bonds is 3. The first-order valence-electron chi connectivity index (χ1n) is 6.93. The minimum Gasteiger partial charge on any atom is -0.466 e. The molecule has 0 unspecified atom stereocenters. The summed E-state index contributed by atoms with van der Waals surface area (Å²) < 4.78 is 67.0. The number of carbonyl (C=O) groups is 2. The van der Waals surface area contributed by atoms with Crippen LogP contribution in [0.4, 0.5) is 23.2 Å². The van der Waals surface area contributed by atoms with Gasteiger partial charge in [0, 0.05) is 4.47 Å². The van der Waals surface area contributed by atoms with E-state index in [2.05, 4.69) is 25.4 Å². The van der Waals surface area contributed by atoms with Gasteiger partial charge in [-0.1, -0.05) is 0 Å².